The van der Waals surface area contributed by atoms with E-state index >= 15 is 0 Å². The molecule has 0 aliphatic carbocycles. The summed E-state index contributed by atoms with van der Waals surface area (Å²) in [4.78, 5) is 54.2. The number of Topliss-reactive ketones (excluding diaryl/α,β-unsaturated/α-hetero) is 1. The summed E-state index contributed by atoms with van der Waals surface area (Å²) in [5, 5.41) is 9.33. The third-order valence-electron chi connectivity index (χ3n) is 10.2. The highest BCUT2D eigenvalue weighted by atomic mass is 16.5. The first-order chi connectivity index (χ1) is 29.4. The summed E-state index contributed by atoms with van der Waals surface area (Å²) >= 11 is 0. The molecule has 0 radical (unpaired) electrons. The maximum atomic E-state index is 12.9. The predicted octanol–water partition coefficient (Wildman–Crippen LogP) is 6.30. The number of fused-ring (bicyclic) bond motifs is 2. The zero-order chi connectivity index (χ0) is 43.7. The fourth-order valence-electron chi connectivity index (χ4n) is 7.34. The average Bonchev–Trinajstić information content (AvgIpc) is 4.05. The second-order valence-electron chi connectivity index (χ2n) is 15.0. The van der Waals surface area contributed by atoms with E-state index in [1.54, 1.807) is 27.2 Å². The number of hydrogen-bond donors (Lipinski definition) is 3. The molecule has 6 aromatic rings. The number of ketones is 1. The highest BCUT2D eigenvalue weighted by molar-refractivity contribution is 5.81. The van der Waals surface area contributed by atoms with E-state index in [0.29, 0.717) is 115 Å². The Balaban J connectivity index is 0.000000208. The lowest BCUT2D eigenvalue weighted by Gasteiger charge is -2.16. The van der Waals surface area contributed by atoms with Crippen LogP contribution in [0, 0.1) is 20.4 Å². The number of benzene rings is 2. The Bertz CT molecular complexity index is 2660. The summed E-state index contributed by atoms with van der Waals surface area (Å²) in [6.07, 6.45) is 5.23. The Kier molecular flexibility index (Phi) is 15.8. The fraction of sp³-hybridized carbons (Fsp3) is 0.467. The average molecular weight is 851 g/mol. The van der Waals surface area contributed by atoms with Crippen molar-refractivity contribution in [1.29, 1.82) is 0 Å². The van der Waals surface area contributed by atoms with Crippen molar-refractivity contribution in [2.75, 3.05) is 45.4 Å². The molecule has 8 rings (SSSR count). The van der Waals surface area contributed by atoms with Crippen LogP contribution in [0.15, 0.2) is 46.0 Å². The lowest BCUT2D eigenvalue weighted by Crippen LogP contribution is -2.27. The van der Waals surface area contributed by atoms with E-state index in [9.17, 15) is 14.4 Å². The molecule has 4 aromatic heterocycles. The van der Waals surface area contributed by atoms with Crippen LogP contribution in [0.5, 0.6) is 11.5 Å². The Morgan fingerprint density at radius 1 is 0.806 bits per heavy atom. The van der Waals surface area contributed by atoms with Gasteiger partial charge in [0.1, 0.15) is 36.4 Å². The monoisotopic (exact) mass is 850 g/mol. The van der Waals surface area contributed by atoms with Gasteiger partial charge in [-0.1, -0.05) is 27.3 Å². The van der Waals surface area contributed by atoms with E-state index in [4.69, 9.17) is 36.4 Å². The highest BCUT2D eigenvalue weighted by Crippen LogP contribution is 2.34. The molecule has 6 heterocycles. The van der Waals surface area contributed by atoms with Crippen molar-refractivity contribution in [3.05, 3.63) is 97.1 Å². The number of carbonyl (C=O) groups is 1. The molecule has 2 aromatic carbocycles. The van der Waals surface area contributed by atoms with Gasteiger partial charge in [0.25, 0.3) is 16.7 Å². The number of aromatic nitrogens is 8. The van der Waals surface area contributed by atoms with Crippen molar-refractivity contribution < 1.29 is 23.7 Å². The number of nitrogens with two attached hydrogens (primary N) is 1. The number of anilines is 1. The summed E-state index contributed by atoms with van der Waals surface area (Å²) < 4.78 is 25.0. The largest absolute Gasteiger partial charge is 0.493 e. The number of carbonyl (C=O) groups excluding carboxylic acids is 1. The van der Waals surface area contributed by atoms with Gasteiger partial charge in [0.15, 0.2) is 28.5 Å². The minimum absolute atomic E-state index is 0. The number of rotatable bonds is 12. The second-order valence-corrected chi connectivity index (χ2v) is 15.0. The van der Waals surface area contributed by atoms with Crippen molar-refractivity contribution in [2.45, 2.75) is 99.5 Å². The Hall–Kier alpha value is -6.38. The van der Waals surface area contributed by atoms with E-state index in [1.165, 1.54) is 0 Å². The molecule has 1 unspecified atom stereocenters. The smallest absolute Gasteiger partial charge is 0.277 e. The lowest BCUT2D eigenvalue weighted by atomic mass is 9.90. The van der Waals surface area contributed by atoms with Crippen LogP contribution in [0.1, 0.15) is 89.4 Å². The predicted molar refractivity (Wildman–Crippen MR) is 238 cm³/mol. The molecule has 330 valence electrons. The molecule has 4 N–H and O–H groups in total. The minimum atomic E-state index is -0.537. The maximum absolute atomic E-state index is 12.9. The third-order valence-corrected chi connectivity index (χ3v) is 10.2. The molecular weight excluding hydrogens is 793 g/mol. The van der Waals surface area contributed by atoms with E-state index in [-0.39, 0.29) is 24.3 Å². The van der Waals surface area contributed by atoms with Crippen molar-refractivity contribution in [1.82, 2.24) is 39.2 Å². The summed E-state index contributed by atoms with van der Waals surface area (Å²) in [6, 6.07) is 11.1. The molecule has 17 heteroatoms. The Labute approximate surface area is 360 Å². The van der Waals surface area contributed by atoms with Crippen LogP contribution >= 0.6 is 0 Å². The number of nitrogens with one attached hydrogen (secondary N) is 2. The van der Waals surface area contributed by atoms with Crippen molar-refractivity contribution >= 4 is 22.5 Å². The molecule has 1 atom stereocenters. The highest BCUT2D eigenvalue weighted by Gasteiger charge is 2.41. The SMILES string of the molecule is C.CCCc1nc(C)c2c(=O)[nH]c(-c3cc(N)ccc3OCC)nn12.O=C1CCOC1.[C-]#[N+]C1(Cc2ccc(OCC)c(-c3nn4c(CCC)nc(C)c4c(=O)[nH]3)c2)CCOC1. The van der Waals surface area contributed by atoms with Crippen LogP contribution in [0.3, 0.4) is 0 Å². The molecule has 0 saturated carbocycles. The molecule has 2 aliphatic rings. The number of aromatic amines is 2. The van der Waals surface area contributed by atoms with Crippen molar-refractivity contribution in [3.8, 4) is 34.3 Å². The first kappa shape index (κ1) is 46.7. The van der Waals surface area contributed by atoms with Gasteiger partial charge in [-0.15, -0.1) is 10.2 Å². The van der Waals surface area contributed by atoms with Gasteiger partial charge < -0.3 is 39.5 Å². The summed E-state index contributed by atoms with van der Waals surface area (Å²) in [7, 11) is 0. The van der Waals surface area contributed by atoms with Crippen LogP contribution in [0.25, 0.3) is 38.7 Å². The maximum Gasteiger partial charge on any atom is 0.277 e. The van der Waals surface area contributed by atoms with Crippen LogP contribution in [-0.2, 0) is 33.5 Å². The van der Waals surface area contributed by atoms with Gasteiger partial charge in [0.05, 0.1) is 61.8 Å². The second kappa shape index (κ2) is 20.9. The normalized spacial score (nSPS) is 15.7. The summed E-state index contributed by atoms with van der Waals surface area (Å²) in [5.74, 6) is 3.89. The molecule has 17 nitrogen and oxygen atoms in total. The van der Waals surface area contributed by atoms with Crippen molar-refractivity contribution in [2.24, 2.45) is 0 Å². The van der Waals surface area contributed by atoms with Gasteiger partial charge >= 0.3 is 0 Å². The molecule has 0 spiro atoms. The standard InChI is InChI=1S/C23H27N5O3.C17H21N5O2.C4H6O2.CH4/c1-5-7-19-25-15(3)20-22(29)26-21(27-28(19)20)17-12-16(8-9-18(17)31-6-2)13-23(24-4)10-11-30-14-23;1-4-6-14-19-10(3)15-17(23)20-16(21-22(14)15)12-9-11(18)7-8-13(12)24-5-2;5-4-1-2-6-3-4;/h8-9,12H,5-7,10-11,13-14H2,1-3H3,(H,26,27,29);7-9H,4-6,18H2,1-3H3,(H,20,21,23);1-3H2;1H4. The molecule has 0 amide bonds. The molecular formula is C45H58N10O7. The number of nitrogen functional groups attached to an aromatic ring is 1. The van der Waals surface area contributed by atoms with Gasteiger partial charge in [-0.3, -0.25) is 14.4 Å². The van der Waals surface area contributed by atoms with Gasteiger partial charge in [0.2, 0.25) is 0 Å². The molecule has 2 aliphatic heterocycles. The number of aryl methyl sites for hydroxylation is 4. The zero-order valence-electron chi connectivity index (χ0n) is 35.7. The third kappa shape index (κ3) is 10.4. The number of nitrogens with zero attached hydrogens (tertiary/aromatic N) is 7. The van der Waals surface area contributed by atoms with Gasteiger partial charge in [0, 0.05) is 24.9 Å². The van der Waals surface area contributed by atoms with Gasteiger partial charge in [-0.2, -0.15) is 0 Å². The molecule has 62 heavy (non-hydrogen) atoms. The van der Waals surface area contributed by atoms with Crippen molar-refractivity contribution in [3.63, 3.8) is 0 Å². The van der Waals surface area contributed by atoms with E-state index < -0.39 is 5.54 Å². The first-order valence-corrected chi connectivity index (χ1v) is 20.8. The quantitative estimate of drug-likeness (QED) is 0.0915. The topological polar surface area (TPSA) is 210 Å². The number of hydrogen-bond acceptors (Lipinski definition) is 12. The van der Waals surface area contributed by atoms with Crippen LogP contribution in [0.2, 0.25) is 0 Å². The molecule has 0 bridgehead atoms. The molecule has 2 fully saturated rings. The van der Waals surface area contributed by atoms with Crippen LogP contribution in [-0.4, -0.2) is 90.1 Å². The Morgan fingerprint density at radius 3 is 1.79 bits per heavy atom. The number of imidazole rings is 2. The number of ether oxygens (including phenoxy) is 4. The summed E-state index contributed by atoms with van der Waals surface area (Å²) in [6.45, 7) is 22.3. The van der Waals surface area contributed by atoms with E-state index in [1.807, 2.05) is 45.9 Å². The molecule has 2 saturated heterocycles. The fourth-order valence-corrected chi connectivity index (χ4v) is 7.34. The van der Waals surface area contributed by atoms with E-state index in [2.05, 4.69) is 43.7 Å². The first-order valence-electron chi connectivity index (χ1n) is 20.8. The van der Waals surface area contributed by atoms with Gasteiger partial charge in [-0.05, 0) is 76.4 Å². The van der Waals surface area contributed by atoms with Crippen LogP contribution in [0.4, 0.5) is 5.69 Å². The van der Waals surface area contributed by atoms with E-state index in [0.717, 1.165) is 49.3 Å². The number of H-pyrrole nitrogens is 2. The zero-order valence-corrected chi connectivity index (χ0v) is 35.7. The Morgan fingerprint density at radius 2 is 1.35 bits per heavy atom. The summed E-state index contributed by atoms with van der Waals surface area (Å²) in [5.41, 5.74) is 10.1. The minimum Gasteiger partial charge on any atom is -0.493 e. The lowest BCUT2D eigenvalue weighted by molar-refractivity contribution is -0.117. The van der Waals surface area contributed by atoms with Crippen LogP contribution < -0.4 is 26.3 Å². The van der Waals surface area contributed by atoms with Gasteiger partial charge in [-0.25, -0.2) is 25.6 Å².